The Hall–Kier alpha value is -2.13. The van der Waals surface area contributed by atoms with Gasteiger partial charge in [0, 0.05) is 26.2 Å². The third-order valence-electron chi connectivity index (χ3n) is 5.76. The molecule has 0 bridgehead atoms. The summed E-state index contributed by atoms with van der Waals surface area (Å²) in [5, 5.41) is 0. The predicted molar refractivity (Wildman–Crippen MR) is 111 cm³/mol. The molecule has 2 heterocycles. The van der Waals surface area contributed by atoms with Crippen LogP contribution in [0.15, 0.2) is 23.1 Å². The molecular weight excluding hydrogens is 408 g/mol. The number of esters is 1. The third-order valence-corrected chi connectivity index (χ3v) is 7.65. The lowest BCUT2D eigenvalue weighted by Crippen LogP contribution is -2.41. The van der Waals surface area contributed by atoms with Crippen LogP contribution in [0.4, 0.5) is 0 Å². The van der Waals surface area contributed by atoms with Gasteiger partial charge in [0.05, 0.1) is 30.1 Å². The monoisotopic (exact) mass is 438 g/mol. The molecule has 0 aromatic heterocycles. The van der Waals surface area contributed by atoms with E-state index in [1.54, 1.807) is 11.8 Å². The number of rotatable bonds is 6. The Morgan fingerprint density at radius 3 is 2.33 bits per heavy atom. The summed E-state index contributed by atoms with van der Waals surface area (Å²) in [6, 6.07) is 4.45. The molecule has 1 aromatic carbocycles. The van der Waals surface area contributed by atoms with E-state index in [0.717, 1.165) is 19.3 Å². The molecule has 2 aliphatic rings. The zero-order valence-electron chi connectivity index (χ0n) is 17.6. The van der Waals surface area contributed by atoms with Gasteiger partial charge in [0.1, 0.15) is 5.75 Å². The Bertz CT molecular complexity index is 871. The fraction of sp³-hybridized carbons (Fsp3) is 0.619. The molecule has 0 unspecified atom stereocenters. The molecule has 0 spiro atoms. The Kier molecular flexibility index (Phi) is 7.36. The van der Waals surface area contributed by atoms with Gasteiger partial charge in [-0.3, -0.25) is 9.59 Å². The van der Waals surface area contributed by atoms with Crippen LogP contribution in [0, 0.1) is 5.92 Å². The topological polar surface area (TPSA) is 93.2 Å². The summed E-state index contributed by atoms with van der Waals surface area (Å²) in [6.07, 6.45) is 3.77. The van der Waals surface area contributed by atoms with Crippen molar-refractivity contribution in [1.82, 2.24) is 9.21 Å². The molecule has 166 valence electrons. The maximum atomic E-state index is 13.2. The molecule has 0 aliphatic carbocycles. The number of nitrogens with zero attached hydrogens (tertiary/aromatic N) is 2. The summed E-state index contributed by atoms with van der Waals surface area (Å²) in [5.74, 6) is -0.381. The van der Waals surface area contributed by atoms with E-state index in [2.05, 4.69) is 0 Å². The first-order valence-corrected chi connectivity index (χ1v) is 12.0. The molecular formula is C21H30N2O6S. The highest BCUT2D eigenvalue weighted by Gasteiger charge is 2.32. The fourth-order valence-corrected chi connectivity index (χ4v) is 5.56. The Labute approximate surface area is 178 Å². The van der Waals surface area contributed by atoms with Crippen molar-refractivity contribution in [2.45, 2.75) is 43.9 Å². The second-order valence-electron chi connectivity index (χ2n) is 7.65. The van der Waals surface area contributed by atoms with Crippen molar-refractivity contribution in [2.75, 3.05) is 39.9 Å². The number of amides is 1. The Morgan fingerprint density at radius 1 is 1.07 bits per heavy atom. The summed E-state index contributed by atoms with van der Waals surface area (Å²) < 4.78 is 37.9. The van der Waals surface area contributed by atoms with Crippen molar-refractivity contribution in [2.24, 2.45) is 5.92 Å². The highest BCUT2D eigenvalue weighted by Crippen LogP contribution is 2.29. The highest BCUT2D eigenvalue weighted by molar-refractivity contribution is 7.89. The number of piperidine rings is 2. The minimum Gasteiger partial charge on any atom is -0.496 e. The molecule has 9 heteroatoms. The van der Waals surface area contributed by atoms with E-state index in [9.17, 15) is 18.0 Å². The summed E-state index contributed by atoms with van der Waals surface area (Å²) in [7, 11) is -2.20. The van der Waals surface area contributed by atoms with Gasteiger partial charge in [-0.1, -0.05) is 6.42 Å². The van der Waals surface area contributed by atoms with E-state index in [4.69, 9.17) is 9.47 Å². The van der Waals surface area contributed by atoms with Crippen LogP contribution in [0.25, 0.3) is 0 Å². The highest BCUT2D eigenvalue weighted by atomic mass is 32.2. The standard InChI is InChI=1S/C21H30N2O6S/c1-3-29-21(25)16-9-13-22(14-10-16)20(24)18-15-17(7-8-19(18)28-2)30(26,27)23-11-5-4-6-12-23/h7-8,15-16H,3-6,9-14H2,1-2H3. The Balaban J connectivity index is 1.79. The molecule has 0 N–H and O–H groups in total. The van der Waals surface area contributed by atoms with Crippen molar-refractivity contribution in [1.29, 1.82) is 0 Å². The van der Waals surface area contributed by atoms with Gasteiger partial charge in [0.25, 0.3) is 5.91 Å². The van der Waals surface area contributed by atoms with Gasteiger partial charge in [-0.25, -0.2) is 8.42 Å². The first kappa shape index (κ1) is 22.6. The summed E-state index contributed by atoms with van der Waals surface area (Å²) in [4.78, 5) is 26.8. The minimum absolute atomic E-state index is 0.106. The van der Waals surface area contributed by atoms with Crippen LogP contribution in [-0.4, -0.2) is 69.4 Å². The van der Waals surface area contributed by atoms with E-state index >= 15 is 0 Å². The predicted octanol–water partition coefficient (Wildman–Crippen LogP) is 2.29. The lowest BCUT2D eigenvalue weighted by Gasteiger charge is -2.31. The lowest BCUT2D eigenvalue weighted by molar-refractivity contribution is -0.149. The number of ether oxygens (including phenoxy) is 2. The lowest BCUT2D eigenvalue weighted by atomic mass is 9.96. The average molecular weight is 439 g/mol. The van der Waals surface area contributed by atoms with Crippen LogP contribution in [0.1, 0.15) is 49.4 Å². The number of hydrogen-bond acceptors (Lipinski definition) is 6. The van der Waals surface area contributed by atoms with Crippen LogP contribution in [0.2, 0.25) is 0 Å². The molecule has 1 aromatic rings. The van der Waals surface area contributed by atoms with Gasteiger partial charge in [0.15, 0.2) is 0 Å². The van der Waals surface area contributed by atoms with Crippen molar-refractivity contribution >= 4 is 21.9 Å². The van der Waals surface area contributed by atoms with Crippen LogP contribution < -0.4 is 4.74 Å². The second kappa shape index (κ2) is 9.78. The summed E-state index contributed by atoms with van der Waals surface area (Å²) in [5.41, 5.74) is 0.227. The molecule has 8 nitrogen and oxygen atoms in total. The van der Waals surface area contributed by atoms with Gasteiger partial charge in [-0.05, 0) is 50.8 Å². The number of benzene rings is 1. The minimum atomic E-state index is -3.65. The molecule has 2 fully saturated rings. The average Bonchev–Trinajstić information content (AvgIpc) is 2.79. The smallest absolute Gasteiger partial charge is 0.309 e. The molecule has 0 atom stereocenters. The molecule has 3 rings (SSSR count). The molecule has 0 saturated carbocycles. The molecule has 1 amide bonds. The maximum Gasteiger partial charge on any atom is 0.309 e. The normalized spacial score (nSPS) is 18.8. The number of methoxy groups -OCH3 is 1. The van der Waals surface area contributed by atoms with E-state index < -0.39 is 10.0 Å². The van der Waals surface area contributed by atoms with E-state index in [-0.39, 0.29) is 28.3 Å². The number of sulfonamides is 1. The fourth-order valence-electron chi connectivity index (χ4n) is 4.02. The van der Waals surface area contributed by atoms with E-state index in [1.807, 2.05) is 0 Å². The zero-order valence-corrected chi connectivity index (χ0v) is 18.4. The molecule has 2 aliphatic heterocycles. The van der Waals surface area contributed by atoms with Crippen molar-refractivity contribution in [3.05, 3.63) is 23.8 Å². The van der Waals surface area contributed by atoms with Crippen LogP contribution in [-0.2, 0) is 19.6 Å². The molecule has 0 radical (unpaired) electrons. The van der Waals surface area contributed by atoms with Gasteiger partial charge in [-0.2, -0.15) is 4.31 Å². The van der Waals surface area contributed by atoms with Gasteiger partial charge < -0.3 is 14.4 Å². The van der Waals surface area contributed by atoms with Crippen molar-refractivity contribution in [3.63, 3.8) is 0 Å². The van der Waals surface area contributed by atoms with Gasteiger partial charge in [0.2, 0.25) is 10.0 Å². The summed E-state index contributed by atoms with van der Waals surface area (Å²) in [6.45, 7) is 3.93. The zero-order chi connectivity index (χ0) is 21.7. The maximum absolute atomic E-state index is 13.2. The first-order valence-electron chi connectivity index (χ1n) is 10.5. The number of carbonyl (C=O) groups excluding carboxylic acids is 2. The van der Waals surface area contributed by atoms with E-state index in [0.29, 0.717) is 51.4 Å². The largest absolute Gasteiger partial charge is 0.496 e. The van der Waals surface area contributed by atoms with Crippen LogP contribution >= 0.6 is 0 Å². The molecule has 2 saturated heterocycles. The number of likely N-dealkylation sites (tertiary alicyclic amines) is 1. The molecule has 30 heavy (non-hydrogen) atoms. The third kappa shape index (κ3) is 4.78. The second-order valence-corrected chi connectivity index (χ2v) is 9.58. The number of hydrogen-bond donors (Lipinski definition) is 0. The van der Waals surface area contributed by atoms with E-state index in [1.165, 1.54) is 29.6 Å². The number of carbonyl (C=O) groups is 2. The first-order chi connectivity index (χ1) is 14.4. The Morgan fingerprint density at radius 2 is 1.73 bits per heavy atom. The van der Waals surface area contributed by atoms with Crippen molar-refractivity contribution in [3.8, 4) is 5.75 Å². The van der Waals surface area contributed by atoms with Gasteiger partial charge in [-0.15, -0.1) is 0 Å². The van der Waals surface area contributed by atoms with Crippen molar-refractivity contribution < 1.29 is 27.5 Å². The van der Waals surface area contributed by atoms with Gasteiger partial charge >= 0.3 is 5.97 Å². The quantitative estimate of drug-likeness (QED) is 0.633. The van der Waals surface area contributed by atoms with Crippen LogP contribution in [0.3, 0.4) is 0 Å². The summed E-state index contributed by atoms with van der Waals surface area (Å²) >= 11 is 0. The SMILES string of the molecule is CCOC(=O)C1CCN(C(=O)c2cc(S(=O)(=O)N3CCCCC3)ccc2OC)CC1. The van der Waals surface area contributed by atoms with Crippen LogP contribution in [0.5, 0.6) is 5.75 Å².